The molecule has 64 valence electrons. The predicted molar refractivity (Wildman–Crippen MR) is 51.8 cm³/mol. The zero-order valence-corrected chi connectivity index (χ0v) is 8.31. The summed E-state index contributed by atoms with van der Waals surface area (Å²) < 4.78 is 12.7. The van der Waals surface area contributed by atoms with Crippen molar-refractivity contribution < 1.29 is 4.39 Å². The van der Waals surface area contributed by atoms with Crippen LogP contribution in [0, 0.1) is 12.7 Å². The van der Waals surface area contributed by atoms with E-state index in [9.17, 15) is 4.39 Å². The lowest BCUT2D eigenvalue weighted by atomic mass is 10.3. The maximum atomic E-state index is 12.7. The molecule has 1 rings (SSSR count). The highest BCUT2D eigenvalue weighted by Crippen LogP contribution is 2.05. The SMILES string of the molecule is Cc1nc(C=CCBr)ccc1F. The van der Waals surface area contributed by atoms with Crippen molar-refractivity contribution >= 4 is 22.0 Å². The van der Waals surface area contributed by atoms with Crippen molar-refractivity contribution in [3.63, 3.8) is 0 Å². The molecule has 0 unspecified atom stereocenters. The fourth-order valence-corrected chi connectivity index (χ4v) is 1.01. The number of aryl methyl sites for hydroxylation is 1. The number of nitrogens with zero attached hydrogens (tertiary/aromatic N) is 1. The fourth-order valence-electron chi connectivity index (χ4n) is 0.822. The molecule has 0 aromatic carbocycles. The summed E-state index contributed by atoms with van der Waals surface area (Å²) in [7, 11) is 0. The Bertz CT molecular complexity index is 297. The van der Waals surface area contributed by atoms with Gasteiger partial charge in [-0.2, -0.15) is 0 Å². The van der Waals surface area contributed by atoms with E-state index in [4.69, 9.17) is 0 Å². The van der Waals surface area contributed by atoms with Crippen molar-refractivity contribution in [1.82, 2.24) is 4.98 Å². The van der Waals surface area contributed by atoms with Crippen LogP contribution in [0.15, 0.2) is 18.2 Å². The Labute approximate surface area is 79.5 Å². The van der Waals surface area contributed by atoms with Crippen LogP contribution in [0.1, 0.15) is 11.4 Å². The summed E-state index contributed by atoms with van der Waals surface area (Å²) >= 11 is 3.25. The zero-order chi connectivity index (χ0) is 8.97. The van der Waals surface area contributed by atoms with Crippen LogP contribution in [0.5, 0.6) is 0 Å². The van der Waals surface area contributed by atoms with Gasteiger partial charge in [0, 0.05) is 5.33 Å². The Morgan fingerprint density at radius 1 is 1.58 bits per heavy atom. The Morgan fingerprint density at radius 3 is 2.92 bits per heavy atom. The van der Waals surface area contributed by atoms with Crippen LogP contribution in [-0.4, -0.2) is 10.3 Å². The van der Waals surface area contributed by atoms with Crippen molar-refractivity contribution in [3.8, 4) is 0 Å². The van der Waals surface area contributed by atoms with E-state index in [0.29, 0.717) is 5.69 Å². The first-order valence-corrected chi connectivity index (χ1v) is 4.72. The van der Waals surface area contributed by atoms with Crippen molar-refractivity contribution in [2.24, 2.45) is 0 Å². The summed E-state index contributed by atoms with van der Waals surface area (Å²) in [6.07, 6.45) is 3.76. The van der Waals surface area contributed by atoms with E-state index in [1.807, 2.05) is 12.2 Å². The maximum absolute atomic E-state index is 12.7. The van der Waals surface area contributed by atoms with Crippen molar-refractivity contribution in [3.05, 3.63) is 35.4 Å². The first-order valence-electron chi connectivity index (χ1n) is 3.59. The third-order valence-electron chi connectivity index (χ3n) is 1.42. The molecule has 0 saturated carbocycles. The molecule has 0 aliphatic heterocycles. The molecule has 0 saturated heterocycles. The average molecular weight is 230 g/mol. The van der Waals surface area contributed by atoms with Crippen molar-refractivity contribution in [2.45, 2.75) is 6.92 Å². The normalized spacial score (nSPS) is 10.9. The number of hydrogen-bond donors (Lipinski definition) is 0. The highest BCUT2D eigenvalue weighted by molar-refractivity contribution is 9.09. The lowest BCUT2D eigenvalue weighted by Gasteiger charge is -1.96. The lowest BCUT2D eigenvalue weighted by Crippen LogP contribution is -1.89. The topological polar surface area (TPSA) is 12.9 Å². The predicted octanol–water partition coefficient (Wildman–Crippen LogP) is 2.94. The van der Waals surface area contributed by atoms with Gasteiger partial charge in [-0.3, -0.25) is 4.98 Å². The van der Waals surface area contributed by atoms with Gasteiger partial charge in [0.05, 0.1) is 11.4 Å². The number of hydrogen-bond acceptors (Lipinski definition) is 1. The molecule has 1 aromatic heterocycles. The molecule has 0 bridgehead atoms. The molecular weight excluding hydrogens is 221 g/mol. The van der Waals surface area contributed by atoms with Crippen LogP contribution in [-0.2, 0) is 0 Å². The van der Waals surface area contributed by atoms with Crippen LogP contribution >= 0.6 is 15.9 Å². The van der Waals surface area contributed by atoms with Gasteiger partial charge in [0.2, 0.25) is 0 Å². The highest BCUT2D eigenvalue weighted by atomic mass is 79.9. The molecule has 0 atom stereocenters. The third-order valence-corrected chi connectivity index (χ3v) is 1.79. The number of pyridine rings is 1. The van der Waals surface area contributed by atoms with E-state index < -0.39 is 0 Å². The first-order chi connectivity index (χ1) is 5.74. The molecular formula is C9H9BrFN. The molecule has 0 amide bonds. The average Bonchev–Trinajstić information content (AvgIpc) is 2.07. The molecule has 1 nitrogen and oxygen atoms in total. The number of rotatable bonds is 2. The summed E-state index contributed by atoms with van der Waals surface area (Å²) in [5.41, 5.74) is 1.22. The molecule has 0 aliphatic rings. The molecule has 3 heteroatoms. The van der Waals surface area contributed by atoms with Crippen LogP contribution in [0.25, 0.3) is 6.08 Å². The Morgan fingerprint density at radius 2 is 2.33 bits per heavy atom. The van der Waals surface area contributed by atoms with Gasteiger partial charge in [0.1, 0.15) is 5.82 Å². The van der Waals surface area contributed by atoms with E-state index in [-0.39, 0.29) is 5.82 Å². The quantitative estimate of drug-likeness (QED) is 0.711. The van der Waals surface area contributed by atoms with Gasteiger partial charge in [0.25, 0.3) is 0 Å². The molecule has 12 heavy (non-hydrogen) atoms. The van der Waals surface area contributed by atoms with Gasteiger partial charge in [-0.1, -0.05) is 22.0 Å². The molecule has 0 fully saturated rings. The molecule has 0 N–H and O–H groups in total. The van der Waals surface area contributed by atoms with Gasteiger partial charge in [-0.05, 0) is 25.1 Å². The minimum absolute atomic E-state index is 0.258. The monoisotopic (exact) mass is 229 g/mol. The second kappa shape index (κ2) is 4.36. The lowest BCUT2D eigenvalue weighted by molar-refractivity contribution is 0.609. The van der Waals surface area contributed by atoms with E-state index in [1.54, 1.807) is 13.0 Å². The summed E-state index contributed by atoms with van der Waals surface area (Å²) in [6, 6.07) is 3.08. The van der Waals surface area contributed by atoms with E-state index in [0.717, 1.165) is 11.0 Å². The third kappa shape index (κ3) is 2.41. The maximum Gasteiger partial charge on any atom is 0.144 e. The van der Waals surface area contributed by atoms with Gasteiger partial charge >= 0.3 is 0 Å². The summed E-state index contributed by atoms with van der Waals surface area (Å²) in [5.74, 6) is -0.258. The second-order valence-corrected chi connectivity index (χ2v) is 3.01. The molecule has 0 aliphatic carbocycles. The Hall–Kier alpha value is -0.700. The Kier molecular flexibility index (Phi) is 3.41. The van der Waals surface area contributed by atoms with Gasteiger partial charge in [-0.25, -0.2) is 4.39 Å². The number of aromatic nitrogens is 1. The van der Waals surface area contributed by atoms with Crippen LogP contribution in [0.2, 0.25) is 0 Å². The molecule has 1 aromatic rings. The highest BCUT2D eigenvalue weighted by Gasteiger charge is 1.96. The van der Waals surface area contributed by atoms with E-state index in [2.05, 4.69) is 20.9 Å². The summed E-state index contributed by atoms with van der Waals surface area (Å²) in [4.78, 5) is 4.03. The molecule has 0 spiro atoms. The van der Waals surface area contributed by atoms with Gasteiger partial charge in [-0.15, -0.1) is 0 Å². The van der Waals surface area contributed by atoms with E-state index >= 15 is 0 Å². The first kappa shape index (κ1) is 9.39. The van der Waals surface area contributed by atoms with Gasteiger partial charge in [0.15, 0.2) is 0 Å². The smallest absolute Gasteiger partial charge is 0.144 e. The largest absolute Gasteiger partial charge is 0.251 e. The number of halogens is 2. The van der Waals surface area contributed by atoms with Crippen molar-refractivity contribution in [1.29, 1.82) is 0 Å². The van der Waals surface area contributed by atoms with E-state index in [1.165, 1.54) is 6.07 Å². The zero-order valence-electron chi connectivity index (χ0n) is 6.72. The fraction of sp³-hybridized carbons (Fsp3) is 0.222. The van der Waals surface area contributed by atoms with Crippen LogP contribution in [0.4, 0.5) is 4.39 Å². The standard InChI is InChI=1S/C9H9BrFN/c1-7-9(11)5-4-8(12-7)3-2-6-10/h2-5H,6H2,1H3. The number of allylic oxidation sites excluding steroid dienone is 1. The van der Waals surface area contributed by atoms with Crippen LogP contribution in [0.3, 0.4) is 0 Å². The molecule has 0 radical (unpaired) electrons. The van der Waals surface area contributed by atoms with Gasteiger partial charge < -0.3 is 0 Å². The summed E-state index contributed by atoms with van der Waals surface area (Å²) in [5, 5.41) is 0.783. The minimum atomic E-state index is -0.258. The van der Waals surface area contributed by atoms with Crippen molar-refractivity contribution in [2.75, 3.05) is 5.33 Å². The van der Waals surface area contributed by atoms with Crippen LogP contribution < -0.4 is 0 Å². The molecule has 1 heterocycles. The second-order valence-electron chi connectivity index (χ2n) is 2.36. The summed E-state index contributed by atoms with van der Waals surface area (Å²) in [6.45, 7) is 1.65. The minimum Gasteiger partial charge on any atom is -0.251 e. The number of alkyl halides is 1. The Balaban J connectivity index is 2.89.